The Bertz CT molecular complexity index is 728. The molecule has 6 nitrogen and oxygen atoms in total. The van der Waals surface area contributed by atoms with Crippen LogP contribution in [0.1, 0.15) is 0 Å². The topological polar surface area (TPSA) is 92.5 Å². The second kappa shape index (κ2) is 4.87. The molecule has 0 heterocycles. The minimum Gasteiger partial charge on any atom is -0.350 e. The summed E-state index contributed by atoms with van der Waals surface area (Å²) in [4.78, 5) is 13.0. The summed E-state index contributed by atoms with van der Waals surface area (Å²) in [6.45, 7) is 0. The second-order valence-electron chi connectivity index (χ2n) is 4.00. The lowest BCUT2D eigenvalue weighted by Crippen LogP contribution is -2.45. The van der Waals surface area contributed by atoms with E-state index < -0.39 is 16.1 Å². The van der Waals surface area contributed by atoms with Crippen molar-refractivity contribution < 1.29 is 13.2 Å². The fourth-order valence-electron chi connectivity index (χ4n) is 1.61. The summed E-state index contributed by atoms with van der Waals surface area (Å²) >= 11 is 0. The van der Waals surface area contributed by atoms with E-state index in [1.807, 2.05) is 24.3 Å². The summed E-state index contributed by atoms with van der Waals surface area (Å²) in [5.74, 6) is 0. The fourth-order valence-corrected chi connectivity index (χ4v) is 2.70. The number of hydrogen-bond acceptors (Lipinski definition) is 3. The Balaban J connectivity index is 2.40. The molecule has 0 atom stereocenters. The van der Waals surface area contributed by atoms with Gasteiger partial charge in [0.2, 0.25) is 0 Å². The second-order valence-corrected chi connectivity index (χ2v) is 5.66. The van der Waals surface area contributed by atoms with Gasteiger partial charge in [-0.3, -0.25) is 0 Å². The van der Waals surface area contributed by atoms with Crippen molar-refractivity contribution >= 4 is 26.8 Å². The number of nitrogens with one attached hydrogen (secondary N) is 1. The number of rotatable bonds is 3. The zero-order chi connectivity index (χ0) is 14.0. The number of hydrazine groups is 1. The molecule has 2 rings (SSSR count). The van der Waals surface area contributed by atoms with E-state index in [0.29, 0.717) is 5.01 Å². The molecule has 3 N–H and O–H groups in total. The van der Waals surface area contributed by atoms with E-state index in [2.05, 4.69) is 4.83 Å². The highest BCUT2D eigenvalue weighted by atomic mass is 32.2. The molecule has 0 fully saturated rings. The molecule has 0 spiro atoms. The Kier molecular flexibility index (Phi) is 3.41. The van der Waals surface area contributed by atoms with Crippen LogP contribution in [0.25, 0.3) is 10.8 Å². The van der Waals surface area contributed by atoms with Gasteiger partial charge in [-0.2, -0.15) is 0 Å². The van der Waals surface area contributed by atoms with Crippen molar-refractivity contribution in [2.75, 3.05) is 7.05 Å². The van der Waals surface area contributed by atoms with E-state index >= 15 is 0 Å². The van der Waals surface area contributed by atoms with Crippen molar-refractivity contribution in [3.05, 3.63) is 42.5 Å². The Morgan fingerprint density at radius 3 is 2.42 bits per heavy atom. The average molecular weight is 279 g/mol. The molecule has 0 radical (unpaired) electrons. The first-order valence-corrected chi connectivity index (χ1v) is 6.93. The number of nitrogens with two attached hydrogens (primary N) is 1. The lowest BCUT2D eigenvalue weighted by molar-refractivity contribution is 0.211. The summed E-state index contributed by atoms with van der Waals surface area (Å²) in [6, 6.07) is 11.2. The molecule has 19 heavy (non-hydrogen) atoms. The van der Waals surface area contributed by atoms with E-state index in [1.54, 1.807) is 6.07 Å². The number of amides is 2. The van der Waals surface area contributed by atoms with Crippen molar-refractivity contribution in [1.29, 1.82) is 0 Å². The molecule has 100 valence electrons. The van der Waals surface area contributed by atoms with Crippen LogP contribution in [0.5, 0.6) is 0 Å². The highest BCUT2D eigenvalue weighted by Crippen LogP contribution is 2.18. The Morgan fingerprint density at radius 1 is 1.16 bits per heavy atom. The number of primary amides is 1. The van der Waals surface area contributed by atoms with Crippen molar-refractivity contribution in [1.82, 2.24) is 9.84 Å². The zero-order valence-corrected chi connectivity index (χ0v) is 11.0. The third-order valence-corrected chi connectivity index (χ3v) is 4.01. The lowest BCUT2D eigenvalue weighted by atomic mass is 10.1. The molecular formula is C12H13N3O3S. The molecule has 0 aliphatic rings. The quantitative estimate of drug-likeness (QED) is 0.822. The van der Waals surface area contributed by atoms with Gasteiger partial charge in [-0.15, -0.1) is 4.83 Å². The number of urea groups is 1. The number of benzene rings is 2. The van der Waals surface area contributed by atoms with Crippen LogP contribution in [0, 0.1) is 0 Å². The third-order valence-electron chi connectivity index (χ3n) is 2.62. The van der Waals surface area contributed by atoms with Crippen LogP contribution in [0.2, 0.25) is 0 Å². The maximum Gasteiger partial charge on any atom is 0.329 e. The summed E-state index contributed by atoms with van der Waals surface area (Å²) in [5.41, 5.74) is 4.97. The Labute approximate surface area is 110 Å². The monoisotopic (exact) mass is 279 g/mol. The molecule has 2 aromatic carbocycles. The van der Waals surface area contributed by atoms with Gasteiger partial charge in [-0.1, -0.05) is 30.3 Å². The number of hydrogen-bond donors (Lipinski definition) is 2. The van der Waals surface area contributed by atoms with Crippen molar-refractivity contribution in [3.8, 4) is 0 Å². The summed E-state index contributed by atoms with van der Waals surface area (Å²) in [7, 11) is -2.58. The molecule has 0 saturated carbocycles. The SMILES string of the molecule is CN(NS(=O)(=O)c1ccc2ccccc2c1)C(N)=O. The van der Waals surface area contributed by atoms with Crippen LogP contribution >= 0.6 is 0 Å². The molecule has 0 bridgehead atoms. The molecule has 0 saturated heterocycles. The first-order valence-electron chi connectivity index (χ1n) is 5.44. The van der Waals surface area contributed by atoms with Crippen LogP contribution in [-0.4, -0.2) is 26.5 Å². The molecule has 0 unspecified atom stereocenters. The van der Waals surface area contributed by atoms with Gasteiger partial charge in [0.25, 0.3) is 10.0 Å². The van der Waals surface area contributed by atoms with E-state index in [1.165, 1.54) is 19.2 Å². The summed E-state index contributed by atoms with van der Waals surface area (Å²) < 4.78 is 24.1. The molecule has 0 aromatic heterocycles. The van der Waals surface area contributed by atoms with Crippen LogP contribution in [-0.2, 0) is 10.0 Å². The van der Waals surface area contributed by atoms with Gasteiger partial charge in [0.1, 0.15) is 0 Å². The number of nitrogens with zero attached hydrogens (tertiary/aromatic N) is 1. The zero-order valence-electron chi connectivity index (χ0n) is 10.2. The van der Waals surface area contributed by atoms with Gasteiger partial charge in [0.15, 0.2) is 0 Å². The van der Waals surface area contributed by atoms with Crippen molar-refractivity contribution in [2.24, 2.45) is 5.73 Å². The minimum absolute atomic E-state index is 0.0688. The maximum absolute atomic E-state index is 12.0. The van der Waals surface area contributed by atoms with Crippen LogP contribution in [0.3, 0.4) is 0 Å². The first kappa shape index (κ1) is 13.3. The van der Waals surface area contributed by atoms with E-state index in [-0.39, 0.29) is 4.90 Å². The van der Waals surface area contributed by atoms with Crippen LogP contribution in [0.4, 0.5) is 4.79 Å². The predicted molar refractivity (Wildman–Crippen MR) is 71.6 cm³/mol. The summed E-state index contributed by atoms with van der Waals surface area (Å²) in [6.07, 6.45) is 0. The Morgan fingerprint density at radius 2 is 1.79 bits per heavy atom. The van der Waals surface area contributed by atoms with E-state index in [9.17, 15) is 13.2 Å². The highest BCUT2D eigenvalue weighted by Gasteiger charge is 2.18. The largest absolute Gasteiger partial charge is 0.350 e. The van der Waals surface area contributed by atoms with Crippen LogP contribution in [0.15, 0.2) is 47.4 Å². The number of carbonyl (C=O) groups is 1. The van der Waals surface area contributed by atoms with Crippen molar-refractivity contribution in [3.63, 3.8) is 0 Å². The minimum atomic E-state index is -3.82. The summed E-state index contributed by atoms with van der Waals surface area (Å²) in [5, 5.41) is 2.45. The maximum atomic E-state index is 12.0. The Hall–Kier alpha value is -2.12. The standard InChI is InChI=1S/C12H13N3O3S/c1-15(12(13)16)14-19(17,18)11-7-6-9-4-2-3-5-10(9)8-11/h2-8,14H,1H3,(H2,13,16). The van der Waals surface area contributed by atoms with Crippen molar-refractivity contribution in [2.45, 2.75) is 4.90 Å². The van der Waals surface area contributed by atoms with Gasteiger partial charge in [-0.25, -0.2) is 18.2 Å². The van der Waals surface area contributed by atoms with Gasteiger partial charge in [-0.05, 0) is 22.9 Å². The highest BCUT2D eigenvalue weighted by molar-refractivity contribution is 7.89. The van der Waals surface area contributed by atoms with Gasteiger partial charge in [0, 0.05) is 7.05 Å². The number of sulfonamides is 1. The lowest BCUT2D eigenvalue weighted by Gasteiger charge is -2.15. The molecule has 0 aliphatic heterocycles. The third kappa shape index (κ3) is 2.83. The molecule has 2 amide bonds. The number of fused-ring (bicyclic) bond motifs is 1. The van der Waals surface area contributed by atoms with Gasteiger partial charge in [0.05, 0.1) is 4.90 Å². The normalized spacial score (nSPS) is 11.4. The molecule has 7 heteroatoms. The predicted octanol–water partition coefficient (Wildman–Crippen LogP) is 1.04. The fraction of sp³-hybridized carbons (Fsp3) is 0.0833. The molecular weight excluding hydrogens is 266 g/mol. The molecule has 0 aliphatic carbocycles. The molecule has 2 aromatic rings. The van der Waals surface area contributed by atoms with E-state index in [4.69, 9.17) is 5.73 Å². The van der Waals surface area contributed by atoms with Gasteiger partial charge < -0.3 is 5.73 Å². The first-order chi connectivity index (χ1) is 8.90. The average Bonchev–Trinajstić information content (AvgIpc) is 2.37. The van der Waals surface area contributed by atoms with Gasteiger partial charge >= 0.3 is 6.03 Å². The van der Waals surface area contributed by atoms with E-state index in [0.717, 1.165) is 10.8 Å². The smallest absolute Gasteiger partial charge is 0.329 e. The number of carbonyl (C=O) groups excluding carboxylic acids is 1. The van der Waals surface area contributed by atoms with Crippen LogP contribution < -0.4 is 10.6 Å².